The lowest BCUT2D eigenvalue weighted by Crippen LogP contribution is -2.33. The number of carbonyl (C=O) groups excluding carboxylic acids is 1. The van der Waals surface area contributed by atoms with E-state index in [4.69, 9.17) is 10.5 Å². The molecule has 1 aliphatic rings. The van der Waals surface area contributed by atoms with E-state index in [1.807, 2.05) is 19.1 Å². The highest BCUT2D eigenvalue weighted by Gasteiger charge is 2.41. The summed E-state index contributed by atoms with van der Waals surface area (Å²) in [6.45, 7) is 3.34. The molecule has 0 spiro atoms. The Balaban J connectivity index is 2.15. The van der Waals surface area contributed by atoms with Crippen LogP contribution in [-0.2, 0) is 9.53 Å². The number of hydrogen-bond donors (Lipinski definition) is 1. The van der Waals surface area contributed by atoms with Gasteiger partial charge in [-0.25, -0.2) is 4.98 Å². The van der Waals surface area contributed by atoms with Crippen LogP contribution in [0.2, 0.25) is 0 Å². The molecule has 0 bridgehead atoms. The monoisotopic (exact) mass is 235 g/mol. The smallest absolute Gasteiger partial charge is 0.313 e. The van der Waals surface area contributed by atoms with E-state index in [2.05, 4.69) is 9.88 Å². The zero-order chi connectivity index (χ0) is 12.5. The van der Waals surface area contributed by atoms with Crippen molar-refractivity contribution in [3.63, 3.8) is 0 Å². The second-order valence-corrected chi connectivity index (χ2v) is 4.64. The fourth-order valence-electron chi connectivity index (χ4n) is 2.19. The fraction of sp³-hybridized carbons (Fsp3) is 0.500. The lowest BCUT2D eigenvalue weighted by Gasteiger charge is -2.22. The molecule has 1 fully saturated rings. The van der Waals surface area contributed by atoms with E-state index in [1.165, 1.54) is 7.11 Å². The highest BCUT2D eigenvalue weighted by Crippen LogP contribution is 2.33. The first-order valence-corrected chi connectivity index (χ1v) is 5.61. The molecule has 1 atom stereocenters. The molecule has 2 rings (SSSR count). The number of carbonyl (C=O) groups is 1. The summed E-state index contributed by atoms with van der Waals surface area (Å²) in [7, 11) is 1.43. The summed E-state index contributed by atoms with van der Waals surface area (Å²) in [6, 6.07) is 5.52. The predicted molar refractivity (Wildman–Crippen MR) is 65.6 cm³/mol. The van der Waals surface area contributed by atoms with Gasteiger partial charge < -0.3 is 15.4 Å². The van der Waals surface area contributed by atoms with Crippen LogP contribution in [0.4, 0.5) is 11.6 Å². The van der Waals surface area contributed by atoms with Crippen LogP contribution in [0, 0.1) is 5.41 Å². The Morgan fingerprint density at radius 1 is 1.59 bits per heavy atom. The molecule has 0 saturated carbocycles. The summed E-state index contributed by atoms with van der Waals surface area (Å²) in [5.74, 6) is 1.15. The van der Waals surface area contributed by atoms with Crippen LogP contribution < -0.4 is 10.6 Å². The Hall–Kier alpha value is -1.78. The minimum atomic E-state index is -0.443. The predicted octanol–water partition coefficient (Wildman–Crippen LogP) is 1.05. The molecule has 1 aromatic rings. The van der Waals surface area contributed by atoms with Crippen LogP contribution in [-0.4, -0.2) is 31.2 Å². The van der Waals surface area contributed by atoms with Gasteiger partial charge in [0.15, 0.2) is 0 Å². The first-order chi connectivity index (χ1) is 8.05. The molecule has 1 unspecified atom stereocenters. The third-order valence-corrected chi connectivity index (χ3v) is 3.23. The van der Waals surface area contributed by atoms with Gasteiger partial charge in [-0.15, -0.1) is 0 Å². The molecule has 92 valence electrons. The van der Waals surface area contributed by atoms with Gasteiger partial charge in [0.2, 0.25) is 0 Å². The van der Waals surface area contributed by atoms with Gasteiger partial charge in [0, 0.05) is 13.1 Å². The normalized spacial score (nSPS) is 23.8. The van der Waals surface area contributed by atoms with Gasteiger partial charge >= 0.3 is 5.97 Å². The molecule has 1 aromatic heterocycles. The number of ether oxygens (including phenoxy) is 1. The Bertz CT molecular complexity index is 436. The van der Waals surface area contributed by atoms with Crippen molar-refractivity contribution in [3.05, 3.63) is 18.2 Å². The molecule has 0 aliphatic carbocycles. The van der Waals surface area contributed by atoms with Gasteiger partial charge in [0.25, 0.3) is 0 Å². The molecule has 0 aromatic carbocycles. The van der Waals surface area contributed by atoms with Gasteiger partial charge in [0.1, 0.15) is 11.6 Å². The number of pyridine rings is 1. The van der Waals surface area contributed by atoms with E-state index in [9.17, 15) is 4.79 Å². The van der Waals surface area contributed by atoms with Crippen molar-refractivity contribution in [1.82, 2.24) is 4.98 Å². The van der Waals surface area contributed by atoms with E-state index in [-0.39, 0.29) is 5.97 Å². The number of nitrogen functional groups attached to an aromatic ring is 1. The number of methoxy groups -OCH3 is 1. The van der Waals surface area contributed by atoms with Crippen LogP contribution in [0.25, 0.3) is 0 Å². The van der Waals surface area contributed by atoms with Gasteiger partial charge in [-0.05, 0) is 25.5 Å². The standard InChI is InChI=1S/C12H17N3O2/c1-12(11(16)17-2)6-7-15(8-12)10-5-3-4-9(13)14-10/h3-5H,6-8H2,1-2H3,(H2,13,14). The van der Waals surface area contributed by atoms with Gasteiger partial charge in [0.05, 0.1) is 12.5 Å². The average molecular weight is 235 g/mol. The molecular formula is C12H17N3O2. The van der Waals surface area contributed by atoms with Gasteiger partial charge in [-0.1, -0.05) is 6.07 Å². The molecule has 17 heavy (non-hydrogen) atoms. The summed E-state index contributed by atoms with van der Waals surface area (Å²) in [6.07, 6.45) is 0.774. The van der Waals surface area contributed by atoms with Crippen LogP contribution in [0.3, 0.4) is 0 Å². The summed E-state index contributed by atoms with van der Waals surface area (Å²) < 4.78 is 4.83. The summed E-state index contributed by atoms with van der Waals surface area (Å²) in [4.78, 5) is 18.0. The number of hydrogen-bond acceptors (Lipinski definition) is 5. The van der Waals surface area contributed by atoms with Crippen molar-refractivity contribution in [2.45, 2.75) is 13.3 Å². The minimum Gasteiger partial charge on any atom is -0.469 e. The molecule has 2 N–H and O–H groups in total. The zero-order valence-corrected chi connectivity index (χ0v) is 10.1. The number of anilines is 2. The van der Waals surface area contributed by atoms with Crippen molar-refractivity contribution < 1.29 is 9.53 Å². The lowest BCUT2D eigenvalue weighted by atomic mass is 9.90. The summed E-state index contributed by atoms with van der Waals surface area (Å²) in [5.41, 5.74) is 5.21. The number of nitrogens with two attached hydrogens (primary N) is 1. The van der Waals surface area contributed by atoms with Crippen LogP contribution in [0.1, 0.15) is 13.3 Å². The number of rotatable bonds is 2. The molecule has 0 radical (unpaired) electrons. The molecule has 0 amide bonds. The van der Waals surface area contributed by atoms with E-state index in [0.29, 0.717) is 12.4 Å². The third kappa shape index (κ3) is 2.18. The lowest BCUT2D eigenvalue weighted by molar-refractivity contribution is -0.150. The van der Waals surface area contributed by atoms with Crippen LogP contribution in [0.15, 0.2) is 18.2 Å². The molecule has 1 saturated heterocycles. The average Bonchev–Trinajstić information content (AvgIpc) is 2.72. The fourth-order valence-corrected chi connectivity index (χ4v) is 2.19. The summed E-state index contributed by atoms with van der Waals surface area (Å²) >= 11 is 0. The molecule has 5 nitrogen and oxygen atoms in total. The summed E-state index contributed by atoms with van der Waals surface area (Å²) in [5, 5.41) is 0. The maximum atomic E-state index is 11.7. The number of nitrogens with zero attached hydrogens (tertiary/aromatic N) is 2. The van der Waals surface area contributed by atoms with Crippen LogP contribution in [0.5, 0.6) is 0 Å². The maximum absolute atomic E-state index is 11.7. The van der Waals surface area contributed by atoms with Gasteiger partial charge in [-0.2, -0.15) is 0 Å². The quantitative estimate of drug-likeness (QED) is 0.776. The van der Waals surface area contributed by atoms with E-state index < -0.39 is 5.41 Å². The van der Waals surface area contributed by atoms with E-state index >= 15 is 0 Å². The largest absolute Gasteiger partial charge is 0.469 e. The van der Waals surface area contributed by atoms with Crippen molar-refractivity contribution >= 4 is 17.6 Å². The Morgan fingerprint density at radius 3 is 3.00 bits per heavy atom. The number of esters is 1. The first-order valence-electron chi connectivity index (χ1n) is 5.61. The van der Waals surface area contributed by atoms with E-state index in [1.54, 1.807) is 6.07 Å². The maximum Gasteiger partial charge on any atom is 0.313 e. The SMILES string of the molecule is COC(=O)C1(C)CCN(c2cccc(N)n2)C1. The molecule has 5 heteroatoms. The topological polar surface area (TPSA) is 68.5 Å². The van der Waals surface area contributed by atoms with Crippen molar-refractivity contribution in [1.29, 1.82) is 0 Å². The zero-order valence-electron chi connectivity index (χ0n) is 10.1. The third-order valence-electron chi connectivity index (χ3n) is 3.23. The second kappa shape index (κ2) is 4.24. The highest BCUT2D eigenvalue weighted by atomic mass is 16.5. The van der Waals surface area contributed by atoms with Crippen molar-refractivity contribution in [3.8, 4) is 0 Å². The van der Waals surface area contributed by atoms with Gasteiger partial charge in [-0.3, -0.25) is 4.79 Å². The second-order valence-electron chi connectivity index (χ2n) is 4.64. The van der Waals surface area contributed by atoms with Crippen LogP contribution >= 0.6 is 0 Å². The molecule has 2 heterocycles. The number of aromatic nitrogens is 1. The van der Waals surface area contributed by atoms with Crippen molar-refractivity contribution in [2.75, 3.05) is 30.8 Å². The first kappa shape index (κ1) is 11.7. The Kier molecular flexibility index (Phi) is 2.92. The molecule has 1 aliphatic heterocycles. The van der Waals surface area contributed by atoms with E-state index in [0.717, 1.165) is 18.8 Å². The minimum absolute atomic E-state index is 0.163. The Labute approximate surface area is 101 Å². The molecular weight excluding hydrogens is 218 g/mol. The Morgan fingerprint density at radius 2 is 2.35 bits per heavy atom. The van der Waals surface area contributed by atoms with Crippen molar-refractivity contribution in [2.24, 2.45) is 5.41 Å². The highest BCUT2D eigenvalue weighted by molar-refractivity contribution is 5.78.